The number of carbonyl (C=O) groups excluding carboxylic acids is 3. The van der Waals surface area contributed by atoms with Gasteiger partial charge in [0.15, 0.2) is 11.5 Å². The van der Waals surface area contributed by atoms with Crippen LogP contribution in [0.2, 0.25) is 0 Å². The number of thiophene rings is 1. The summed E-state index contributed by atoms with van der Waals surface area (Å²) in [6.45, 7) is 0. The summed E-state index contributed by atoms with van der Waals surface area (Å²) in [6.07, 6.45) is 3.98. The average Bonchev–Trinajstić information content (AvgIpc) is 3.33. The molecule has 0 aromatic carbocycles. The summed E-state index contributed by atoms with van der Waals surface area (Å²) in [5, 5.41) is 9.09. The fourth-order valence-electron chi connectivity index (χ4n) is 3.29. The Morgan fingerprint density at radius 1 is 1.32 bits per heavy atom. The second-order valence-corrected chi connectivity index (χ2v) is 7.16. The van der Waals surface area contributed by atoms with Gasteiger partial charge in [0.05, 0.1) is 4.88 Å². The van der Waals surface area contributed by atoms with Crippen LogP contribution in [0.3, 0.4) is 0 Å². The van der Waals surface area contributed by atoms with Gasteiger partial charge >= 0.3 is 6.03 Å². The summed E-state index contributed by atoms with van der Waals surface area (Å²) in [6, 6.07) is 4.58. The van der Waals surface area contributed by atoms with Gasteiger partial charge in [-0.25, -0.2) is 4.79 Å². The molecule has 9 heteroatoms. The topological polar surface area (TPSA) is 105 Å². The Kier molecular flexibility index (Phi) is 3.79. The zero-order valence-electron chi connectivity index (χ0n) is 13.3. The first-order valence-corrected chi connectivity index (χ1v) is 8.95. The highest BCUT2D eigenvalue weighted by atomic mass is 32.1. The van der Waals surface area contributed by atoms with Crippen molar-refractivity contribution >= 4 is 29.2 Å². The standard InChI is InChI=1S/C16H16N4O4S/c21-13(10-9-11(24-19-10)12-5-4-8-25-12)18-20-14(22)16(17-15(20)23)6-2-1-3-7-16/h4-5,8-9H,1-3,6-7H2,(H,17,23)(H,18,21). The van der Waals surface area contributed by atoms with Crippen LogP contribution in [0, 0.1) is 0 Å². The molecule has 0 unspecified atom stereocenters. The first-order chi connectivity index (χ1) is 12.1. The number of rotatable bonds is 3. The third kappa shape index (κ3) is 2.70. The van der Waals surface area contributed by atoms with Crippen molar-refractivity contribution in [2.24, 2.45) is 0 Å². The fraction of sp³-hybridized carbons (Fsp3) is 0.375. The van der Waals surface area contributed by atoms with Gasteiger partial charge in [-0.3, -0.25) is 15.0 Å². The lowest BCUT2D eigenvalue weighted by Crippen LogP contribution is -2.51. The van der Waals surface area contributed by atoms with Crippen LogP contribution in [0.15, 0.2) is 28.1 Å². The van der Waals surface area contributed by atoms with Crippen molar-refractivity contribution in [1.82, 2.24) is 20.9 Å². The molecule has 2 N–H and O–H groups in total. The Morgan fingerprint density at radius 2 is 2.12 bits per heavy atom. The van der Waals surface area contributed by atoms with Gasteiger partial charge in [-0.05, 0) is 24.3 Å². The first kappa shape index (κ1) is 15.8. The lowest BCUT2D eigenvalue weighted by Gasteiger charge is -2.30. The molecule has 1 saturated carbocycles. The molecule has 4 amide bonds. The van der Waals surface area contributed by atoms with Gasteiger partial charge in [-0.15, -0.1) is 11.3 Å². The van der Waals surface area contributed by atoms with E-state index in [1.807, 2.05) is 17.5 Å². The molecule has 25 heavy (non-hydrogen) atoms. The number of urea groups is 1. The van der Waals surface area contributed by atoms with Gasteiger partial charge in [0.2, 0.25) is 0 Å². The van der Waals surface area contributed by atoms with Crippen LogP contribution in [0.4, 0.5) is 4.79 Å². The average molecular weight is 360 g/mol. The van der Waals surface area contributed by atoms with Crippen molar-refractivity contribution in [2.45, 2.75) is 37.6 Å². The van der Waals surface area contributed by atoms with E-state index in [4.69, 9.17) is 4.52 Å². The molecule has 1 aliphatic heterocycles. The summed E-state index contributed by atoms with van der Waals surface area (Å²) in [7, 11) is 0. The normalized spacial score (nSPS) is 19.3. The molecule has 2 fully saturated rings. The molecule has 0 bridgehead atoms. The largest absolute Gasteiger partial charge is 0.355 e. The molecule has 8 nitrogen and oxygen atoms in total. The van der Waals surface area contributed by atoms with Gasteiger partial charge in [-0.1, -0.05) is 30.5 Å². The summed E-state index contributed by atoms with van der Waals surface area (Å²) in [4.78, 5) is 38.0. The molecule has 1 aliphatic carbocycles. The Hall–Kier alpha value is -2.68. The first-order valence-electron chi connectivity index (χ1n) is 8.07. The van der Waals surface area contributed by atoms with E-state index in [1.54, 1.807) is 0 Å². The second kappa shape index (κ2) is 5.99. The van der Waals surface area contributed by atoms with Crippen LogP contribution < -0.4 is 10.7 Å². The Bertz CT molecular complexity index is 823. The molecule has 4 rings (SSSR count). The number of hydrogen-bond acceptors (Lipinski definition) is 6. The Morgan fingerprint density at radius 3 is 2.84 bits per heavy atom. The SMILES string of the molecule is O=C(NN1C(=O)NC2(CCCCC2)C1=O)c1cc(-c2cccs2)on1. The number of carbonyl (C=O) groups is 3. The van der Waals surface area contributed by atoms with Gasteiger partial charge < -0.3 is 9.84 Å². The van der Waals surface area contributed by atoms with E-state index < -0.39 is 23.4 Å². The summed E-state index contributed by atoms with van der Waals surface area (Å²) >= 11 is 1.46. The molecule has 1 saturated heterocycles. The van der Waals surface area contributed by atoms with Crippen LogP contribution in [-0.2, 0) is 4.79 Å². The number of nitrogens with zero attached hydrogens (tertiary/aromatic N) is 2. The number of imide groups is 1. The van der Waals surface area contributed by atoms with Crippen LogP contribution in [0.1, 0.15) is 42.6 Å². The third-order valence-electron chi connectivity index (χ3n) is 4.59. The minimum atomic E-state index is -0.880. The predicted molar refractivity (Wildman–Crippen MR) is 88.5 cm³/mol. The highest BCUT2D eigenvalue weighted by Crippen LogP contribution is 2.33. The highest BCUT2D eigenvalue weighted by Gasteiger charge is 2.52. The van der Waals surface area contributed by atoms with E-state index in [9.17, 15) is 14.4 Å². The number of hydrazine groups is 1. The van der Waals surface area contributed by atoms with E-state index in [0.29, 0.717) is 18.6 Å². The number of aromatic nitrogens is 1. The summed E-state index contributed by atoms with van der Waals surface area (Å²) in [5.74, 6) is -0.614. The van der Waals surface area contributed by atoms with Crippen molar-refractivity contribution in [2.75, 3.05) is 0 Å². The van der Waals surface area contributed by atoms with Crippen molar-refractivity contribution < 1.29 is 18.9 Å². The smallest absolute Gasteiger partial charge is 0.344 e. The molecule has 2 aromatic rings. The van der Waals surface area contributed by atoms with Crippen molar-refractivity contribution in [3.63, 3.8) is 0 Å². The minimum Gasteiger partial charge on any atom is -0.355 e. The molecule has 3 heterocycles. The van der Waals surface area contributed by atoms with Crippen LogP contribution in [0.5, 0.6) is 0 Å². The van der Waals surface area contributed by atoms with Gasteiger partial charge in [-0.2, -0.15) is 5.01 Å². The van der Waals surface area contributed by atoms with E-state index in [0.717, 1.165) is 29.1 Å². The van der Waals surface area contributed by atoms with E-state index >= 15 is 0 Å². The zero-order chi connectivity index (χ0) is 17.4. The lowest BCUT2D eigenvalue weighted by molar-refractivity contribution is -0.134. The minimum absolute atomic E-state index is 0.00796. The van der Waals surface area contributed by atoms with Gasteiger partial charge in [0.1, 0.15) is 5.54 Å². The molecule has 0 radical (unpaired) electrons. The van der Waals surface area contributed by atoms with Crippen LogP contribution >= 0.6 is 11.3 Å². The maximum atomic E-state index is 12.6. The quantitative estimate of drug-likeness (QED) is 0.817. The van der Waals surface area contributed by atoms with Crippen LogP contribution in [0.25, 0.3) is 10.6 Å². The van der Waals surface area contributed by atoms with Crippen molar-refractivity contribution in [3.8, 4) is 10.6 Å². The lowest BCUT2D eigenvalue weighted by atomic mass is 9.82. The molecule has 1 spiro atoms. The maximum Gasteiger partial charge on any atom is 0.344 e. The number of amides is 4. The molecular formula is C16H16N4O4S. The molecule has 2 aliphatic rings. The van der Waals surface area contributed by atoms with Gasteiger partial charge in [0.25, 0.3) is 11.8 Å². The Balaban J connectivity index is 1.49. The number of hydrogen-bond donors (Lipinski definition) is 2. The van der Waals surface area contributed by atoms with E-state index in [2.05, 4.69) is 15.9 Å². The molecular weight excluding hydrogens is 344 g/mol. The van der Waals surface area contributed by atoms with Crippen molar-refractivity contribution in [1.29, 1.82) is 0 Å². The van der Waals surface area contributed by atoms with Crippen molar-refractivity contribution in [3.05, 3.63) is 29.3 Å². The maximum absolute atomic E-state index is 12.6. The predicted octanol–water partition coefficient (Wildman–Crippen LogP) is 2.30. The zero-order valence-corrected chi connectivity index (χ0v) is 14.1. The third-order valence-corrected chi connectivity index (χ3v) is 5.47. The number of nitrogens with one attached hydrogen (secondary N) is 2. The van der Waals surface area contributed by atoms with E-state index in [1.165, 1.54) is 17.4 Å². The highest BCUT2D eigenvalue weighted by molar-refractivity contribution is 7.13. The summed E-state index contributed by atoms with van der Waals surface area (Å²) < 4.78 is 5.15. The molecule has 0 atom stereocenters. The van der Waals surface area contributed by atoms with Crippen LogP contribution in [-0.4, -0.2) is 33.5 Å². The summed E-state index contributed by atoms with van der Waals surface area (Å²) in [5.41, 5.74) is 1.47. The molecule has 130 valence electrons. The monoisotopic (exact) mass is 360 g/mol. The molecule has 2 aromatic heterocycles. The second-order valence-electron chi connectivity index (χ2n) is 6.21. The van der Waals surface area contributed by atoms with Gasteiger partial charge in [0, 0.05) is 6.07 Å². The van der Waals surface area contributed by atoms with E-state index in [-0.39, 0.29) is 5.69 Å². The fourth-order valence-corrected chi connectivity index (χ4v) is 3.97. The Labute approximate surface area is 147 Å².